The Hall–Kier alpha value is -4.07. The number of benzene rings is 2. The van der Waals surface area contributed by atoms with Crippen molar-refractivity contribution in [3.05, 3.63) is 76.6 Å². The van der Waals surface area contributed by atoms with Crippen molar-refractivity contribution < 1.29 is 29.0 Å². The van der Waals surface area contributed by atoms with Gasteiger partial charge in [-0.05, 0) is 31.2 Å². The lowest BCUT2D eigenvalue weighted by atomic mass is 10.2. The summed E-state index contributed by atoms with van der Waals surface area (Å²) in [5, 5.41) is 13.5. The van der Waals surface area contributed by atoms with E-state index in [9.17, 15) is 19.2 Å². The Labute approximate surface area is 230 Å². The van der Waals surface area contributed by atoms with Crippen molar-refractivity contribution in [1.29, 1.82) is 0 Å². The van der Waals surface area contributed by atoms with Crippen LogP contribution in [0, 0.1) is 0 Å². The number of thiazole rings is 1. The van der Waals surface area contributed by atoms with E-state index in [-0.39, 0.29) is 32.2 Å². The summed E-state index contributed by atoms with van der Waals surface area (Å²) >= 11 is 7.00. The summed E-state index contributed by atoms with van der Waals surface area (Å²) < 4.78 is 5.14. The molecule has 10 nitrogen and oxygen atoms in total. The van der Waals surface area contributed by atoms with E-state index in [0.29, 0.717) is 11.4 Å². The predicted molar refractivity (Wildman–Crippen MR) is 149 cm³/mol. The van der Waals surface area contributed by atoms with Gasteiger partial charge in [0.1, 0.15) is 16.4 Å². The van der Waals surface area contributed by atoms with Crippen LogP contribution >= 0.6 is 35.3 Å². The number of anilines is 3. The van der Waals surface area contributed by atoms with Gasteiger partial charge in [0.15, 0.2) is 5.13 Å². The number of rotatable bonds is 8. The summed E-state index contributed by atoms with van der Waals surface area (Å²) in [6.07, 6.45) is 0. The van der Waals surface area contributed by atoms with E-state index < -0.39 is 30.4 Å². The third-order valence-corrected chi connectivity index (χ3v) is 7.26. The maximum Gasteiger partial charge on any atom is 0.341 e. The van der Waals surface area contributed by atoms with Gasteiger partial charge in [-0.2, -0.15) is 0 Å². The number of carboxylic acids is 1. The Kier molecular flexibility index (Phi) is 8.51. The van der Waals surface area contributed by atoms with Crippen molar-refractivity contribution in [2.24, 2.45) is 0 Å². The van der Waals surface area contributed by atoms with Crippen LogP contribution in [0.15, 0.2) is 70.9 Å². The molecule has 1 aliphatic rings. The van der Waals surface area contributed by atoms with E-state index in [0.717, 1.165) is 28.0 Å². The number of thiocarbonyl (C=S) groups is 1. The number of urea groups is 1. The second-order valence-corrected chi connectivity index (χ2v) is 10.1. The lowest BCUT2D eigenvalue weighted by Crippen LogP contribution is -2.33. The number of esters is 1. The third-order valence-electron chi connectivity index (χ3n) is 5.06. The number of nitrogens with zero attached hydrogens (tertiary/aromatic N) is 3. The molecule has 38 heavy (non-hydrogen) atoms. The molecular formula is C25H20N4O6S3. The Morgan fingerprint density at radius 3 is 2.24 bits per heavy atom. The molecule has 1 aromatic heterocycles. The molecule has 2 heterocycles. The number of amides is 3. The van der Waals surface area contributed by atoms with Crippen molar-refractivity contribution in [2.45, 2.75) is 6.92 Å². The maximum atomic E-state index is 13.4. The number of ether oxygens (including phenoxy) is 1. The second-order valence-electron chi connectivity index (χ2n) is 7.55. The molecule has 1 saturated heterocycles. The highest BCUT2D eigenvalue weighted by molar-refractivity contribution is 8.26. The maximum absolute atomic E-state index is 13.4. The van der Waals surface area contributed by atoms with E-state index >= 15 is 0 Å². The summed E-state index contributed by atoms with van der Waals surface area (Å²) in [7, 11) is 0. The van der Waals surface area contributed by atoms with Gasteiger partial charge in [0.2, 0.25) is 0 Å². The SMILES string of the molecule is CCOC(=O)/C(=C1/SC(=S)N(CC(=O)O)C1=O)c1csc(NC(=O)N(c2ccccc2)c2ccccc2)n1. The first kappa shape index (κ1) is 27.0. The molecule has 13 heteroatoms. The summed E-state index contributed by atoms with van der Waals surface area (Å²) in [4.78, 5) is 57.0. The molecule has 0 atom stereocenters. The van der Waals surface area contributed by atoms with Crippen molar-refractivity contribution in [3.63, 3.8) is 0 Å². The summed E-state index contributed by atoms with van der Waals surface area (Å²) in [6.45, 7) is 1.01. The van der Waals surface area contributed by atoms with Crippen molar-refractivity contribution >= 4 is 85.6 Å². The Morgan fingerprint density at radius 1 is 1.08 bits per heavy atom. The van der Waals surface area contributed by atoms with Crippen molar-refractivity contribution in [1.82, 2.24) is 9.88 Å². The standard InChI is InChI=1S/C25H20N4O6S3/c1-2-35-22(33)19(20-21(32)28(13-18(30)31)25(36)38-20)17-14-37-23(26-17)27-24(34)29(15-9-5-3-6-10-15)16-11-7-4-8-12-16/h3-12,14H,2,13H2,1H3,(H,30,31)(H,26,27,34)/b20-19+. The van der Waals surface area contributed by atoms with Crippen LogP contribution in [-0.2, 0) is 19.1 Å². The van der Waals surface area contributed by atoms with Gasteiger partial charge in [0.05, 0.1) is 28.6 Å². The van der Waals surface area contributed by atoms with Gasteiger partial charge in [-0.15, -0.1) is 11.3 Å². The van der Waals surface area contributed by atoms with Crippen LogP contribution in [0.1, 0.15) is 12.6 Å². The van der Waals surface area contributed by atoms with E-state index in [1.54, 1.807) is 31.2 Å². The predicted octanol–water partition coefficient (Wildman–Crippen LogP) is 4.73. The molecule has 2 N–H and O–H groups in total. The van der Waals surface area contributed by atoms with Crippen molar-refractivity contribution in [2.75, 3.05) is 23.4 Å². The Bertz CT molecular complexity index is 1390. The van der Waals surface area contributed by atoms with E-state index in [2.05, 4.69) is 10.3 Å². The molecule has 1 fully saturated rings. The molecule has 3 amide bonds. The minimum atomic E-state index is -1.25. The van der Waals surface area contributed by atoms with Gasteiger partial charge in [-0.1, -0.05) is 60.4 Å². The molecule has 0 bridgehead atoms. The number of aliphatic carboxylic acids is 1. The summed E-state index contributed by atoms with van der Waals surface area (Å²) in [5.74, 6) is -2.80. The number of hydrogen-bond donors (Lipinski definition) is 2. The van der Waals surface area contributed by atoms with Crippen LogP contribution in [0.5, 0.6) is 0 Å². The number of thioether (sulfide) groups is 1. The van der Waals surface area contributed by atoms with Crippen LogP contribution in [0.3, 0.4) is 0 Å². The zero-order chi connectivity index (χ0) is 27.2. The monoisotopic (exact) mass is 568 g/mol. The molecule has 2 aromatic carbocycles. The van der Waals surface area contributed by atoms with Gasteiger partial charge < -0.3 is 9.84 Å². The van der Waals surface area contributed by atoms with Gasteiger partial charge in [0.25, 0.3) is 5.91 Å². The van der Waals surface area contributed by atoms with Crippen LogP contribution in [-0.4, -0.2) is 56.3 Å². The molecule has 0 spiro atoms. The number of hydrogen-bond acceptors (Lipinski definition) is 9. The molecule has 3 aromatic rings. The fourth-order valence-electron chi connectivity index (χ4n) is 3.47. The molecule has 4 rings (SSSR count). The first-order chi connectivity index (χ1) is 18.3. The second kappa shape index (κ2) is 12.0. The lowest BCUT2D eigenvalue weighted by molar-refractivity contribution is -0.140. The largest absolute Gasteiger partial charge is 0.480 e. The number of carbonyl (C=O) groups is 4. The van der Waals surface area contributed by atoms with Gasteiger partial charge in [-0.3, -0.25) is 24.7 Å². The van der Waals surface area contributed by atoms with Crippen LogP contribution < -0.4 is 10.2 Å². The third kappa shape index (κ3) is 5.90. The fourth-order valence-corrected chi connectivity index (χ4v) is 5.48. The number of aromatic nitrogens is 1. The number of para-hydroxylation sites is 2. The highest BCUT2D eigenvalue weighted by Gasteiger charge is 2.38. The van der Waals surface area contributed by atoms with Crippen LogP contribution in [0.2, 0.25) is 0 Å². The van der Waals surface area contributed by atoms with Crippen LogP contribution in [0.4, 0.5) is 21.3 Å². The quantitative estimate of drug-likeness (QED) is 0.225. The van der Waals surface area contributed by atoms with E-state index in [1.807, 2.05) is 36.4 Å². The highest BCUT2D eigenvalue weighted by atomic mass is 32.2. The molecule has 0 saturated carbocycles. The lowest BCUT2D eigenvalue weighted by Gasteiger charge is -2.22. The normalized spacial score (nSPS) is 14.3. The fraction of sp³-hybridized carbons (Fsp3) is 0.120. The summed E-state index contributed by atoms with van der Waals surface area (Å²) in [6, 6.07) is 17.6. The molecule has 1 aliphatic heterocycles. The average molecular weight is 569 g/mol. The topological polar surface area (TPSA) is 129 Å². The van der Waals surface area contributed by atoms with Gasteiger partial charge >= 0.3 is 18.0 Å². The zero-order valence-electron chi connectivity index (χ0n) is 19.8. The van der Waals surface area contributed by atoms with E-state index in [1.165, 1.54) is 10.3 Å². The van der Waals surface area contributed by atoms with E-state index in [4.69, 9.17) is 22.1 Å². The molecule has 0 unspecified atom stereocenters. The first-order valence-electron chi connectivity index (χ1n) is 11.1. The first-order valence-corrected chi connectivity index (χ1v) is 13.2. The minimum absolute atomic E-state index is 0.000631. The number of nitrogens with one attached hydrogen (secondary N) is 1. The van der Waals surface area contributed by atoms with Crippen molar-refractivity contribution in [3.8, 4) is 0 Å². The zero-order valence-corrected chi connectivity index (χ0v) is 22.3. The van der Waals surface area contributed by atoms with Gasteiger partial charge in [0, 0.05) is 5.38 Å². The Balaban J connectivity index is 1.66. The molecule has 0 aliphatic carbocycles. The minimum Gasteiger partial charge on any atom is -0.480 e. The molecule has 194 valence electrons. The highest BCUT2D eigenvalue weighted by Crippen LogP contribution is 2.38. The molecular weight excluding hydrogens is 548 g/mol. The van der Waals surface area contributed by atoms with Gasteiger partial charge in [-0.25, -0.2) is 14.6 Å². The Morgan fingerprint density at radius 2 is 1.68 bits per heavy atom. The average Bonchev–Trinajstić information content (AvgIpc) is 3.45. The molecule has 0 radical (unpaired) electrons. The number of carbonyl (C=O) groups excluding carboxylic acids is 3. The number of carboxylic acid groups (broad SMARTS) is 1. The summed E-state index contributed by atoms with van der Waals surface area (Å²) in [5.41, 5.74) is 1.19. The smallest absolute Gasteiger partial charge is 0.341 e. The van der Waals surface area contributed by atoms with Crippen LogP contribution in [0.25, 0.3) is 5.57 Å².